The van der Waals surface area contributed by atoms with Gasteiger partial charge in [0, 0.05) is 25.2 Å². The molecule has 3 heterocycles. The largest absolute Gasteiger partial charge is 0.396 e. The average molecular weight is 410 g/mol. The van der Waals surface area contributed by atoms with Gasteiger partial charge < -0.3 is 25.4 Å². The molecular weight excluding hydrogens is 374 g/mol. The van der Waals surface area contributed by atoms with E-state index < -0.39 is 34.6 Å². The molecule has 2 unspecified atom stereocenters. The first-order valence-electron chi connectivity index (χ1n) is 10.7. The Morgan fingerprint density at radius 2 is 1.97 bits per heavy atom. The lowest BCUT2D eigenvalue weighted by atomic mass is 9.66. The van der Waals surface area contributed by atoms with Crippen molar-refractivity contribution in [2.75, 3.05) is 19.7 Å². The highest BCUT2D eigenvalue weighted by Gasteiger charge is 2.77. The fourth-order valence-corrected chi connectivity index (χ4v) is 5.40. The zero-order chi connectivity index (χ0) is 21.6. The molecule has 0 aromatic heterocycles. The quantitative estimate of drug-likeness (QED) is 0.570. The van der Waals surface area contributed by atoms with Crippen molar-refractivity contribution in [3.63, 3.8) is 0 Å². The third-order valence-electron chi connectivity index (χ3n) is 6.41. The van der Waals surface area contributed by atoms with Gasteiger partial charge in [-0.1, -0.05) is 6.92 Å². The Bertz CT molecular complexity index is 690. The molecule has 2 bridgehead atoms. The minimum Gasteiger partial charge on any atom is -0.396 e. The first-order valence-corrected chi connectivity index (χ1v) is 10.7. The van der Waals surface area contributed by atoms with Gasteiger partial charge in [0.15, 0.2) is 0 Å². The van der Waals surface area contributed by atoms with Crippen molar-refractivity contribution in [3.8, 4) is 0 Å². The Balaban J connectivity index is 2.00. The smallest absolute Gasteiger partial charge is 0.246 e. The Labute approximate surface area is 172 Å². The summed E-state index contributed by atoms with van der Waals surface area (Å²) in [6.07, 6.45) is 2.38. The molecule has 0 aromatic rings. The van der Waals surface area contributed by atoms with Crippen molar-refractivity contribution in [2.45, 2.75) is 83.1 Å². The van der Waals surface area contributed by atoms with E-state index in [-0.39, 0.29) is 30.9 Å². The number of aliphatic hydroxyl groups is 1. The van der Waals surface area contributed by atoms with E-state index in [2.05, 4.69) is 10.6 Å². The predicted octanol–water partition coefficient (Wildman–Crippen LogP) is 0.574. The summed E-state index contributed by atoms with van der Waals surface area (Å²) in [6, 6.07) is -0.795. The summed E-state index contributed by atoms with van der Waals surface area (Å²) in [4.78, 5) is 41.3. The van der Waals surface area contributed by atoms with E-state index in [1.807, 2.05) is 34.6 Å². The van der Waals surface area contributed by atoms with Crippen LogP contribution in [0.25, 0.3) is 0 Å². The molecule has 3 rings (SSSR count). The maximum absolute atomic E-state index is 13.5. The van der Waals surface area contributed by atoms with Gasteiger partial charge >= 0.3 is 0 Å². The van der Waals surface area contributed by atoms with E-state index in [1.165, 1.54) is 4.90 Å². The minimum absolute atomic E-state index is 0.0754. The minimum atomic E-state index is -0.995. The molecule has 5 atom stereocenters. The summed E-state index contributed by atoms with van der Waals surface area (Å²) < 4.78 is 6.47. The highest BCUT2D eigenvalue weighted by molar-refractivity contribution is 5.99. The molecule has 3 N–H and O–H groups in total. The standard InChI is InChI=1S/C21H35N3O5/c1-6-10-22-16(26)13-14-18(28)24(11-7-12-25)15(17(27)23-19(2,3)4)21(14)9-8-20(13,5)29-21/h13-15,25H,6-12H2,1-5H3,(H,22,26)(H,23,27)/t13-,14-,15?,20+,21?/m0/s1. The van der Waals surface area contributed by atoms with Crippen LogP contribution in [0.4, 0.5) is 0 Å². The van der Waals surface area contributed by atoms with Crippen LogP contribution in [0.15, 0.2) is 0 Å². The van der Waals surface area contributed by atoms with E-state index in [1.54, 1.807) is 0 Å². The second kappa shape index (κ2) is 7.54. The Morgan fingerprint density at radius 1 is 1.28 bits per heavy atom. The summed E-state index contributed by atoms with van der Waals surface area (Å²) in [5, 5.41) is 15.2. The zero-order valence-electron chi connectivity index (χ0n) is 18.2. The summed E-state index contributed by atoms with van der Waals surface area (Å²) in [5.41, 5.74) is -2.21. The van der Waals surface area contributed by atoms with Crippen LogP contribution in [-0.4, -0.2) is 70.2 Å². The van der Waals surface area contributed by atoms with Crippen LogP contribution < -0.4 is 10.6 Å². The molecule has 3 fully saturated rings. The number of rotatable bonds is 7. The number of hydrogen-bond donors (Lipinski definition) is 3. The van der Waals surface area contributed by atoms with Crippen LogP contribution in [-0.2, 0) is 19.1 Å². The second-order valence-electron chi connectivity index (χ2n) is 9.87. The van der Waals surface area contributed by atoms with Crippen molar-refractivity contribution >= 4 is 17.7 Å². The summed E-state index contributed by atoms with van der Waals surface area (Å²) in [7, 11) is 0. The molecule has 3 amide bonds. The number of amides is 3. The second-order valence-corrected chi connectivity index (χ2v) is 9.87. The van der Waals surface area contributed by atoms with Gasteiger partial charge in [0.25, 0.3) is 0 Å². The molecule has 3 aliphatic heterocycles. The van der Waals surface area contributed by atoms with Crippen molar-refractivity contribution in [2.24, 2.45) is 11.8 Å². The molecule has 1 spiro atoms. The van der Waals surface area contributed by atoms with Crippen LogP contribution in [0.2, 0.25) is 0 Å². The highest BCUT2D eigenvalue weighted by Crippen LogP contribution is 2.63. The van der Waals surface area contributed by atoms with Gasteiger partial charge in [-0.3, -0.25) is 14.4 Å². The SMILES string of the molecule is CCCNC(=O)[C@@H]1[C@H]2C(=O)N(CCCO)C(C(=O)NC(C)(C)C)C23CC[C@@]1(C)O3. The maximum atomic E-state index is 13.5. The van der Waals surface area contributed by atoms with Crippen molar-refractivity contribution in [1.82, 2.24) is 15.5 Å². The molecule has 0 radical (unpaired) electrons. The molecule has 3 saturated heterocycles. The van der Waals surface area contributed by atoms with Crippen LogP contribution in [0.1, 0.15) is 60.3 Å². The highest BCUT2D eigenvalue weighted by atomic mass is 16.5. The van der Waals surface area contributed by atoms with Crippen molar-refractivity contribution in [1.29, 1.82) is 0 Å². The maximum Gasteiger partial charge on any atom is 0.246 e. The molecule has 8 nitrogen and oxygen atoms in total. The summed E-state index contributed by atoms with van der Waals surface area (Å²) >= 11 is 0. The van der Waals surface area contributed by atoms with E-state index in [0.717, 1.165) is 6.42 Å². The average Bonchev–Trinajstić information content (AvgIpc) is 3.17. The van der Waals surface area contributed by atoms with E-state index in [4.69, 9.17) is 4.74 Å². The molecule has 0 saturated carbocycles. The fourth-order valence-electron chi connectivity index (χ4n) is 5.40. The number of nitrogens with zero attached hydrogens (tertiary/aromatic N) is 1. The molecule has 0 aromatic carbocycles. The molecule has 3 aliphatic rings. The summed E-state index contributed by atoms with van der Waals surface area (Å²) in [5.74, 6) is -1.93. The van der Waals surface area contributed by atoms with E-state index in [9.17, 15) is 19.5 Å². The molecular formula is C21H35N3O5. The van der Waals surface area contributed by atoms with Crippen molar-refractivity contribution in [3.05, 3.63) is 0 Å². The molecule has 164 valence electrons. The Kier molecular flexibility index (Phi) is 5.73. The number of likely N-dealkylation sites (tertiary alicyclic amines) is 1. The number of carbonyl (C=O) groups is 3. The first-order chi connectivity index (χ1) is 13.5. The third-order valence-corrected chi connectivity index (χ3v) is 6.41. The third kappa shape index (κ3) is 3.54. The van der Waals surface area contributed by atoms with Gasteiger partial charge in [0.2, 0.25) is 17.7 Å². The van der Waals surface area contributed by atoms with Gasteiger partial charge in [-0.2, -0.15) is 0 Å². The van der Waals surface area contributed by atoms with Crippen LogP contribution >= 0.6 is 0 Å². The fraction of sp³-hybridized carbons (Fsp3) is 0.857. The van der Waals surface area contributed by atoms with Crippen LogP contribution in [0, 0.1) is 11.8 Å². The van der Waals surface area contributed by atoms with E-state index in [0.29, 0.717) is 25.8 Å². The van der Waals surface area contributed by atoms with E-state index >= 15 is 0 Å². The van der Waals surface area contributed by atoms with Gasteiger partial charge in [0.05, 0.1) is 17.4 Å². The predicted molar refractivity (Wildman–Crippen MR) is 107 cm³/mol. The molecule has 8 heteroatoms. The number of nitrogens with one attached hydrogen (secondary N) is 2. The van der Waals surface area contributed by atoms with Gasteiger partial charge in [-0.25, -0.2) is 0 Å². The molecule has 29 heavy (non-hydrogen) atoms. The van der Waals surface area contributed by atoms with Gasteiger partial charge in [-0.15, -0.1) is 0 Å². The topological polar surface area (TPSA) is 108 Å². The number of aliphatic hydroxyl groups excluding tert-OH is 1. The molecule has 0 aliphatic carbocycles. The first kappa shape index (κ1) is 22.0. The summed E-state index contributed by atoms with van der Waals surface area (Å²) in [6.45, 7) is 10.3. The number of hydrogen-bond acceptors (Lipinski definition) is 5. The van der Waals surface area contributed by atoms with Crippen LogP contribution in [0.3, 0.4) is 0 Å². The zero-order valence-corrected chi connectivity index (χ0v) is 18.2. The van der Waals surface area contributed by atoms with Gasteiger partial charge in [0.1, 0.15) is 11.6 Å². The lowest BCUT2D eigenvalue weighted by Gasteiger charge is -2.35. The number of carbonyl (C=O) groups excluding carboxylic acids is 3. The van der Waals surface area contributed by atoms with Crippen LogP contribution in [0.5, 0.6) is 0 Å². The monoisotopic (exact) mass is 409 g/mol. The van der Waals surface area contributed by atoms with Gasteiger partial charge in [-0.05, 0) is 53.4 Å². The normalized spacial score (nSPS) is 35.7. The Morgan fingerprint density at radius 3 is 2.55 bits per heavy atom. The number of fused-ring (bicyclic) bond motifs is 1. The Hall–Kier alpha value is -1.67. The lowest BCUT2D eigenvalue weighted by Crippen LogP contribution is -2.58. The van der Waals surface area contributed by atoms with Crippen molar-refractivity contribution < 1.29 is 24.2 Å². The number of ether oxygens (including phenoxy) is 1. The lowest BCUT2D eigenvalue weighted by molar-refractivity contribution is -0.147.